The predicted molar refractivity (Wildman–Crippen MR) is 70.1 cm³/mol. The van der Waals surface area contributed by atoms with Crippen LogP contribution in [0.5, 0.6) is 5.75 Å². The Morgan fingerprint density at radius 1 is 1.16 bits per heavy atom. The number of benzene rings is 2. The van der Waals surface area contributed by atoms with Gasteiger partial charge < -0.3 is 16.2 Å². The number of ether oxygens (including phenoxy) is 1. The standard InChI is InChI=1S/C14H13FN2O2/c15-13-7-9(14(17)18)1-2-10(13)8-19-12-5-3-11(16)4-6-12/h1-7H,8,16H2,(H2,17,18). The number of hydrogen-bond acceptors (Lipinski definition) is 3. The largest absolute Gasteiger partial charge is 0.489 e. The molecule has 0 aromatic heterocycles. The predicted octanol–water partition coefficient (Wildman–Crippen LogP) is 2.09. The zero-order valence-electron chi connectivity index (χ0n) is 10.1. The van der Waals surface area contributed by atoms with Crippen molar-refractivity contribution in [1.82, 2.24) is 0 Å². The maximum atomic E-state index is 13.7. The first-order valence-corrected chi connectivity index (χ1v) is 5.63. The van der Waals surface area contributed by atoms with E-state index in [0.717, 1.165) is 6.07 Å². The van der Waals surface area contributed by atoms with Gasteiger partial charge in [-0.2, -0.15) is 0 Å². The summed E-state index contributed by atoms with van der Waals surface area (Å²) in [4.78, 5) is 10.9. The van der Waals surface area contributed by atoms with Crippen molar-refractivity contribution in [3.8, 4) is 5.75 Å². The van der Waals surface area contributed by atoms with Gasteiger partial charge in [-0.25, -0.2) is 4.39 Å². The molecule has 0 saturated carbocycles. The summed E-state index contributed by atoms with van der Waals surface area (Å²) in [6, 6.07) is 10.8. The number of anilines is 1. The number of amides is 1. The van der Waals surface area contributed by atoms with E-state index >= 15 is 0 Å². The number of nitrogens with two attached hydrogens (primary N) is 2. The van der Waals surface area contributed by atoms with E-state index in [-0.39, 0.29) is 12.2 Å². The van der Waals surface area contributed by atoms with Crippen molar-refractivity contribution in [1.29, 1.82) is 0 Å². The molecule has 0 aliphatic carbocycles. The number of halogens is 1. The molecule has 5 heteroatoms. The van der Waals surface area contributed by atoms with Crippen LogP contribution < -0.4 is 16.2 Å². The van der Waals surface area contributed by atoms with Crippen LogP contribution in [0.4, 0.5) is 10.1 Å². The molecule has 0 heterocycles. The Morgan fingerprint density at radius 3 is 2.42 bits per heavy atom. The highest BCUT2D eigenvalue weighted by atomic mass is 19.1. The second-order valence-electron chi connectivity index (χ2n) is 4.03. The monoisotopic (exact) mass is 260 g/mol. The number of rotatable bonds is 4. The molecule has 2 rings (SSSR count). The summed E-state index contributed by atoms with van der Waals surface area (Å²) >= 11 is 0. The molecule has 0 fully saturated rings. The first-order chi connectivity index (χ1) is 9.06. The Bertz CT molecular complexity index is 597. The van der Waals surface area contributed by atoms with E-state index in [1.54, 1.807) is 24.3 Å². The number of nitrogen functional groups attached to an aromatic ring is 1. The van der Waals surface area contributed by atoms with Crippen LogP contribution in [0.1, 0.15) is 15.9 Å². The smallest absolute Gasteiger partial charge is 0.248 e. The summed E-state index contributed by atoms with van der Waals surface area (Å²) in [5, 5.41) is 0. The number of carbonyl (C=O) groups excluding carboxylic acids is 1. The fourth-order valence-corrected chi connectivity index (χ4v) is 1.54. The van der Waals surface area contributed by atoms with Gasteiger partial charge in [0, 0.05) is 16.8 Å². The third-order valence-electron chi connectivity index (χ3n) is 2.61. The molecule has 0 unspecified atom stereocenters. The second kappa shape index (κ2) is 5.39. The van der Waals surface area contributed by atoms with Crippen molar-refractivity contribution in [2.45, 2.75) is 6.61 Å². The summed E-state index contributed by atoms with van der Waals surface area (Å²) in [6.07, 6.45) is 0. The molecule has 0 aliphatic rings. The van der Waals surface area contributed by atoms with E-state index in [2.05, 4.69) is 0 Å². The van der Waals surface area contributed by atoms with Gasteiger partial charge in [0.25, 0.3) is 0 Å². The Labute approximate surface area is 109 Å². The first kappa shape index (κ1) is 12.9. The molecule has 0 bridgehead atoms. The summed E-state index contributed by atoms with van der Waals surface area (Å²) < 4.78 is 19.1. The van der Waals surface area contributed by atoms with Gasteiger partial charge >= 0.3 is 0 Å². The van der Waals surface area contributed by atoms with Gasteiger partial charge in [0.1, 0.15) is 18.2 Å². The highest BCUT2D eigenvalue weighted by Crippen LogP contribution is 2.17. The second-order valence-corrected chi connectivity index (χ2v) is 4.03. The number of primary amides is 1. The van der Waals surface area contributed by atoms with E-state index < -0.39 is 11.7 Å². The van der Waals surface area contributed by atoms with E-state index in [4.69, 9.17) is 16.2 Å². The minimum Gasteiger partial charge on any atom is -0.489 e. The van der Waals surface area contributed by atoms with Crippen LogP contribution in [0.2, 0.25) is 0 Å². The highest BCUT2D eigenvalue weighted by molar-refractivity contribution is 5.92. The van der Waals surface area contributed by atoms with Gasteiger partial charge in [-0.3, -0.25) is 4.79 Å². The Hall–Kier alpha value is -2.56. The molecule has 0 aliphatic heterocycles. The zero-order chi connectivity index (χ0) is 13.8. The number of carbonyl (C=O) groups is 1. The maximum absolute atomic E-state index is 13.7. The first-order valence-electron chi connectivity index (χ1n) is 5.63. The minimum atomic E-state index is -0.662. The van der Waals surface area contributed by atoms with Gasteiger partial charge in [0.15, 0.2) is 0 Å². The molecule has 4 N–H and O–H groups in total. The van der Waals surface area contributed by atoms with Crippen molar-refractivity contribution < 1.29 is 13.9 Å². The van der Waals surface area contributed by atoms with Crippen LogP contribution >= 0.6 is 0 Å². The summed E-state index contributed by atoms with van der Waals surface area (Å²) in [6.45, 7) is 0.0643. The van der Waals surface area contributed by atoms with Crippen LogP contribution in [-0.2, 0) is 6.61 Å². The zero-order valence-corrected chi connectivity index (χ0v) is 10.1. The molecule has 0 radical (unpaired) electrons. The molecule has 19 heavy (non-hydrogen) atoms. The van der Waals surface area contributed by atoms with Crippen LogP contribution in [0.15, 0.2) is 42.5 Å². The summed E-state index contributed by atoms with van der Waals surface area (Å²) in [7, 11) is 0. The van der Waals surface area contributed by atoms with E-state index in [9.17, 15) is 9.18 Å². The topological polar surface area (TPSA) is 78.3 Å². The third kappa shape index (κ3) is 3.22. The molecule has 4 nitrogen and oxygen atoms in total. The third-order valence-corrected chi connectivity index (χ3v) is 2.61. The summed E-state index contributed by atoms with van der Waals surface area (Å²) in [5.41, 5.74) is 11.7. The van der Waals surface area contributed by atoms with Gasteiger partial charge in [-0.15, -0.1) is 0 Å². The average molecular weight is 260 g/mol. The molecule has 2 aromatic rings. The normalized spacial score (nSPS) is 10.2. The lowest BCUT2D eigenvalue weighted by molar-refractivity contribution is 0.0999. The molecular weight excluding hydrogens is 247 g/mol. The van der Waals surface area contributed by atoms with Crippen molar-refractivity contribution >= 4 is 11.6 Å². The molecule has 0 saturated heterocycles. The Kier molecular flexibility index (Phi) is 3.66. The Balaban J connectivity index is 2.07. The van der Waals surface area contributed by atoms with Crippen LogP contribution in [-0.4, -0.2) is 5.91 Å². The molecule has 98 valence electrons. The van der Waals surface area contributed by atoms with Gasteiger partial charge in [-0.05, 0) is 36.4 Å². The van der Waals surface area contributed by atoms with Crippen LogP contribution in [0.3, 0.4) is 0 Å². The van der Waals surface area contributed by atoms with Crippen molar-refractivity contribution in [2.75, 3.05) is 5.73 Å². The van der Waals surface area contributed by atoms with Gasteiger partial charge in [-0.1, -0.05) is 6.07 Å². The Morgan fingerprint density at radius 2 is 1.84 bits per heavy atom. The van der Waals surface area contributed by atoms with Gasteiger partial charge in [0.2, 0.25) is 5.91 Å². The van der Waals surface area contributed by atoms with Crippen molar-refractivity contribution in [2.24, 2.45) is 5.73 Å². The molecule has 0 atom stereocenters. The maximum Gasteiger partial charge on any atom is 0.248 e. The SMILES string of the molecule is NC(=O)c1ccc(COc2ccc(N)cc2)c(F)c1. The molecule has 1 amide bonds. The van der Waals surface area contributed by atoms with E-state index in [1.165, 1.54) is 12.1 Å². The number of hydrogen-bond donors (Lipinski definition) is 2. The lowest BCUT2D eigenvalue weighted by atomic mass is 10.1. The fourth-order valence-electron chi connectivity index (χ4n) is 1.54. The highest BCUT2D eigenvalue weighted by Gasteiger charge is 2.07. The molecular formula is C14H13FN2O2. The average Bonchev–Trinajstić information content (AvgIpc) is 2.39. The quantitative estimate of drug-likeness (QED) is 0.826. The molecule has 0 spiro atoms. The van der Waals surface area contributed by atoms with Crippen LogP contribution in [0.25, 0.3) is 0 Å². The summed E-state index contributed by atoms with van der Waals surface area (Å²) in [5.74, 6) is -0.593. The van der Waals surface area contributed by atoms with Crippen molar-refractivity contribution in [3.63, 3.8) is 0 Å². The van der Waals surface area contributed by atoms with Crippen molar-refractivity contribution in [3.05, 3.63) is 59.4 Å². The molecule has 2 aromatic carbocycles. The minimum absolute atomic E-state index is 0.0643. The lowest BCUT2D eigenvalue weighted by Crippen LogP contribution is -2.11. The van der Waals surface area contributed by atoms with E-state index in [1.807, 2.05) is 0 Å². The lowest BCUT2D eigenvalue weighted by Gasteiger charge is -2.08. The fraction of sp³-hybridized carbons (Fsp3) is 0.0714. The van der Waals surface area contributed by atoms with Crippen LogP contribution in [0, 0.1) is 5.82 Å². The van der Waals surface area contributed by atoms with E-state index in [0.29, 0.717) is 17.0 Å². The van der Waals surface area contributed by atoms with Gasteiger partial charge in [0.05, 0.1) is 0 Å².